The quantitative estimate of drug-likeness (QED) is 0.112. The second-order valence-electron chi connectivity index (χ2n) is 28.4. The lowest BCUT2D eigenvalue weighted by molar-refractivity contribution is 1.13. The van der Waals surface area contributed by atoms with Crippen molar-refractivity contribution in [3.63, 3.8) is 0 Å². The van der Waals surface area contributed by atoms with E-state index in [0.717, 1.165) is 211 Å². The van der Waals surface area contributed by atoms with Crippen LogP contribution in [0.5, 0.6) is 0 Å². The molecule has 12 nitrogen and oxygen atoms in total. The Hall–Kier alpha value is -15.4. The molecular weight excluding hydrogens is 1370 g/mol. The van der Waals surface area contributed by atoms with E-state index in [2.05, 4.69) is 300 Å². The highest BCUT2D eigenvalue weighted by atomic mass is 15.0. The average Bonchev–Trinajstić information content (AvgIpc) is 1.56. The highest BCUT2D eigenvalue weighted by Crippen LogP contribution is 2.44. The van der Waals surface area contributed by atoms with Crippen LogP contribution in [0, 0.1) is 0 Å². The molecule has 0 amide bonds. The maximum Gasteiger partial charge on any atom is 0.0963 e. The molecule has 0 spiro atoms. The molecule has 0 aliphatic carbocycles. The summed E-state index contributed by atoms with van der Waals surface area (Å²) in [5.41, 5.74) is 35.0. The Balaban J connectivity index is 0.586. The summed E-state index contributed by atoms with van der Waals surface area (Å²) in [6.45, 7) is 0. The van der Waals surface area contributed by atoms with Gasteiger partial charge in [-0.1, -0.05) is 133 Å². The predicted octanol–water partition coefficient (Wildman–Crippen LogP) is 24.2. The minimum Gasteiger partial charge on any atom is -0.308 e. The summed E-state index contributed by atoms with van der Waals surface area (Å²) in [6, 6.07) is 115. The van der Waals surface area contributed by atoms with E-state index in [1.165, 1.54) is 0 Å². The molecule has 0 N–H and O–H groups in total. The van der Waals surface area contributed by atoms with Crippen molar-refractivity contribution in [3.8, 4) is 123 Å². The molecule has 0 aliphatic heterocycles. The number of hydrogen-bond acceptors (Lipinski definition) is 8. The van der Waals surface area contributed by atoms with Gasteiger partial charge in [0.2, 0.25) is 0 Å². The molecule has 10 aromatic carbocycles. The van der Waals surface area contributed by atoms with Gasteiger partial charge in [0, 0.05) is 128 Å². The summed E-state index contributed by atoms with van der Waals surface area (Å²) in [6.07, 6.45) is 16.9. The molecule has 12 aromatic heterocycles. The summed E-state index contributed by atoms with van der Waals surface area (Å²) < 4.78 is 9.32. The second-order valence-corrected chi connectivity index (χ2v) is 28.4. The van der Waals surface area contributed by atoms with E-state index in [9.17, 15) is 0 Å². The lowest BCUT2D eigenvalue weighted by Gasteiger charge is -2.15. The van der Waals surface area contributed by atoms with E-state index in [1.54, 1.807) is 0 Å². The normalized spacial score (nSPS) is 11.8. The summed E-state index contributed by atoms with van der Waals surface area (Å²) in [5.74, 6) is 0. The molecule has 0 saturated heterocycles. The van der Waals surface area contributed by atoms with Gasteiger partial charge in [0.05, 0.1) is 83.3 Å². The van der Waals surface area contributed by atoms with E-state index in [4.69, 9.17) is 24.9 Å². The SMILES string of the molecule is c1ccc(-c2cccc(-n3c4ccc(-c5cccc(-c6ccc7c(c6)c6ncccc6n7-c6cccc(-c7cccc(-c8ccc(-c9cccnc9)c(-c9ccc%10c(c9)c9ncccc9n%10-c9cccc(-n%10c%11ccc(-c%12ccccc%12-c%12cccnc%12)cc%11c%11ncccc%11%10)c9)c8)n7)c6)c5)cc4c4ncccc43)c2)nc1. The Labute approximate surface area is 642 Å². The number of rotatable bonds is 13. The smallest absolute Gasteiger partial charge is 0.0963 e. The van der Waals surface area contributed by atoms with E-state index in [0.29, 0.717) is 0 Å². The van der Waals surface area contributed by atoms with Crippen LogP contribution in [0.2, 0.25) is 0 Å². The van der Waals surface area contributed by atoms with Gasteiger partial charge in [-0.3, -0.25) is 34.9 Å². The number of fused-ring (bicyclic) bond motifs is 12. The molecule has 0 radical (unpaired) electrons. The van der Waals surface area contributed by atoms with E-state index in [1.807, 2.05) is 110 Å². The molecule has 112 heavy (non-hydrogen) atoms. The largest absolute Gasteiger partial charge is 0.308 e. The lowest BCUT2D eigenvalue weighted by Crippen LogP contribution is -1.98. The maximum absolute atomic E-state index is 5.48. The molecule has 22 aromatic rings. The zero-order chi connectivity index (χ0) is 73.7. The van der Waals surface area contributed by atoms with Crippen LogP contribution in [-0.2, 0) is 0 Å². The van der Waals surface area contributed by atoms with Gasteiger partial charge in [0.25, 0.3) is 0 Å². The highest BCUT2D eigenvalue weighted by molar-refractivity contribution is 6.13. The molecule has 0 fully saturated rings. The molecule has 0 bridgehead atoms. The van der Waals surface area contributed by atoms with Crippen molar-refractivity contribution in [2.24, 2.45) is 0 Å². The van der Waals surface area contributed by atoms with E-state index < -0.39 is 0 Å². The maximum atomic E-state index is 5.48. The van der Waals surface area contributed by atoms with Crippen LogP contribution in [0.1, 0.15) is 0 Å². The molecular formula is C100H62N12. The molecule has 0 atom stereocenters. The number of aromatic nitrogens is 12. The van der Waals surface area contributed by atoms with Crippen molar-refractivity contribution < 1.29 is 0 Å². The third-order valence-electron chi connectivity index (χ3n) is 22.0. The van der Waals surface area contributed by atoms with Crippen molar-refractivity contribution in [2.75, 3.05) is 0 Å². The van der Waals surface area contributed by atoms with Gasteiger partial charge in [-0.2, -0.15) is 0 Å². The third kappa shape index (κ3) is 10.7. The summed E-state index contributed by atoms with van der Waals surface area (Å²) >= 11 is 0. The summed E-state index contributed by atoms with van der Waals surface area (Å²) in [4.78, 5) is 39.4. The van der Waals surface area contributed by atoms with Crippen LogP contribution in [0.25, 0.3) is 211 Å². The van der Waals surface area contributed by atoms with Gasteiger partial charge >= 0.3 is 0 Å². The first-order valence-corrected chi connectivity index (χ1v) is 37.5. The van der Waals surface area contributed by atoms with Gasteiger partial charge in [-0.15, -0.1) is 0 Å². The Bertz CT molecular complexity index is 7520. The zero-order valence-corrected chi connectivity index (χ0v) is 60.2. The predicted molar refractivity (Wildman–Crippen MR) is 455 cm³/mol. The van der Waals surface area contributed by atoms with Gasteiger partial charge < -0.3 is 18.3 Å². The number of hydrogen-bond donors (Lipinski definition) is 0. The minimum atomic E-state index is 0.855. The fraction of sp³-hybridized carbons (Fsp3) is 0. The minimum absolute atomic E-state index is 0.855. The monoisotopic (exact) mass is 1430 g/mol. The van der Waals surface area contributed by atoms with Crippen LogP contribution >= 0.6 is 0 Å². The Kier molecular flexibility index (Phi) is 15.0. The molecule has 0 unspecified atom stereocenters. The Morgan fingerprint density at radius 2 is 0.518 bits per heavy atom. The van der Waals surface area contributed by atoms with Crippen molar-refractivity contribution in [1.82, 2.24) is 58.1 Å². The van der Waals surface area contributed by atoms with Crippen LogP contribution in [0.4, 0.5) is 0 Å². The standard InChI is InChI=1S/C100H62N12/c1-2-27-79(72-20-10-45-101-61-72)78(26-1)67-38-43-91-84(57-67)99-95(33-14-50-106-99)111(91)76-24-8-25-77(60-76)112-92-44-39-68(58-85(92)100-96(112)34-15-51-107-100)81-59-71(35-40-80(81)73-21-11-46-102-62-73)88-30-9-29-87(108-88)70-19-7-23-75(54-70)110-90-42-37-66(56-83(90)98-94(110)32-13-49-105-98)64-17-5-16-63(52-64)65-36-41-89-82(55-65)97-93(31-12-48-104-97)109(89)74-22-6-18-69(53-74)86-28-3-4-47-103-86/h1-62H. The van der Waals surface area contributed by atoms with Crippen LogP contribution in [-0.4, -0.2) is 58.1 Å². The number of benzene rings is 10. The fourth-order valence-electron chi connectivity index (χ4n) is 16.9. The number of pyridine rings is 8. The average molecular weight is 1430 g/mol. The van der Waals surface area contributed by atoms with Gasteiger partial charge in [0.15, 0.2) is 0 Å². The van der Waals surface area contributed by atoms with Crippen molar-refractivity contribution in [3.05, 3.63) is 377 Å². The van der Waals surface area contributed by atoms with Crippen molar-refractivity contribution in [2.45, 2.75) is 0 Å². The second kappa shape index (κ2) is 26.2. The van der Waals surface area contributed by atoms with Gasteiger partial charge in [0.1, 0.15) is 0 Å². The van der Waals surface area contributed by atoms with E-state index >= 15 is 0 Å². The molecule has 0 saturated carbocycles. The van der Waals surface area contributed by atoms with Crippen molar-refractivity contribution in [1.29, 1.82) is 0 Å². The fourth-order valence-corrected chi connectivity index (χ4v) is 16.9. The summed E-state index contributed by atoms with van der Waals surface area (Å²) in [5, 5.41) is 4.27. The molecule has 522 valence electrons. The Morgan fingerprint density at radius 3 is 0.991 bits per heavy atom. The first-order chi connectivity index (χ1) is 55.5. The van der Waals surface area contributed by atoms with Crippen LogP contribution in [0.15, 0.2) is 377 Å². The third-order valence-corrected chi connectivity index (χ3v) is 22.0. The first kappa shape index (κ1) is 63.8. The van der Waals surface area contributed by atoms with Gasteiger partial charge in [-0.05, 0) is 244 Å². The number of nitrogens with zero attached hydrogens (tertiary/aromatic N) is 12. The zero-order valence-electron chi connectivity index (χ0n) is 60.2. The topological polar surface area (TPSA) is 123 Å². The molecule has 0 aliphatic rings. The van der Waals surface area contributed by atoms with Crippen LogP contribution < -0.4 is 0 Å². The van der Waals surface area contributed by atoms with E-state index in [-0.39, 0.29) is 0 Å². The Morgan fingerprint density at radius 1 is 0.179 bits per heavy atom. The lowest BCUT2D eigenvalue weighted by atomic mass is 9.92. The first-order valence-electron chi connectivity index (χ1n) is 37.5. The summed E-state index contributed by atoms with van der Waals surface area (Å²) in [7, 11) is 0. The van der Waals surface area contributed by atoms with Gasteiger partial charge in [-0.25, -0.2) is 4.98 Å². The highest BCUT2D eigenvalue weighted by Gasteiger charge is 2.23. The van der Waals surface area contributed by atoms with Crippen molar-refractivity contribution >= 4 is 87.7 Å². The molecule has 12 heteroatoms. The molecule has 12 heterocycles. The molecule has 22 rings (SSSR count). The van der Waals surface area contributed by atoms with Crippen LogP contribution in [0.3, 0.4) is 0 Å².